The standard InChI is InChI=1S/C12H16BrNO3S/c1-6(2)8(13)11(15)14-9-7(3)5-18-10(9)12(16)17-4/h5-6,8H,1-4H3,(H,14,15). The molecule has 0 aliphatic rings. The van der Waals surface area contributed by atoms with Crippen LogP contribution in [0.1, 0.15) is 29.1 Å². The number of esters is 1. The molecular weight excluding hydrogens is 318 g/mol. The first-order chi connectivity index (χ1) is 8.38. The molecule has 0 aromatic carbocycles. The number of halogens is 1. The minimum atomic E-state index is -0.431. The summed E-state index contributed by atoms with van der Waals surface area (Å²) in [6, 6.07) is 0. The van der Waals surface area contributed by atoms with Crippen molar-refractivity contribution in [2.24, 2.45) is 5.92 Å². The molecule has 1 aromatic rings. The van der Waals surface area contributed by atoms with Crippen molar-refractivity contribution >= 4 is 44.8 Å². The van der Waals surface area contributed by atoms with Gasteiger partial charge >= 0.3 is 5.97 Å². The second-order valence-corrected chi connectivity index (χ2v) is 6.12. The quantitative estimate of drug-likeness (QED) is 0.680. The van der Waals surface area contributed by atoms with Crippen LogP contribution < -0.4 is 5.32 Å². The molecule has 1 heterocycles. The van der Waals surface area contributed by atoms with E-state index in [-0.39, 0.29) is 16.7 Å². The number of alkyl halides is 1. The number of rotatable bonds is 4. The second kappa shape index (κ2) is 6.33. The van der Waals surface area contributed by atoms with E-state index in [1.54, 1.807) is 0 Å². The van der Waals surface area contributed by atoms with Crippen molar-refractivity contribution in [3.05, 3.63) is 15.8 Å². The maximum atomic E-state index is 12.0. The van der Waals surface area contributed by atoms with Crippen molar-refractivity contribution < 1.29 is 14.3 Å². The summed E-state index contributed by atoms with van der Waals surface area (Å²) in [6.07, 6.45) is 0. The Kier molecular flexibility index (Phi) is 5.34. The first-order valence-corrected chi connectivity index (χ1v) is 7.29. The van der Waals surface area contributed by atoms with Crippen LogP contribution in [0, 0.1) is 12.8 Å². The maximum absolute atomic E-state index is 12.0. The van der Waals surface area contributed by atoms with Gasteiger partial charge in [0.05, 0.1) is 17.6 Å². The molecule has 1 rings (SSSR count). The summed E-state index contributed by atoms with van der Waals surface area (Å²) in [5.74, 6) is -0.416. The van der Waals surface area contributed by atoms with Gasteiger partial charge in [-0.15, -0.1) is 11.3 Å². The summed E-state index contributed by atoms with van der Waals surface area (Å²) in [6.45, 7) is 5.73. The fourth-order valence-electron chi connectivity index (χ4n) is 1.34. The average Bonchev–Trinajstić information content (AvgIpc) is 2.69. The molecule has 1 atom stereocenters. The second-order valence-electron chi connectivity index (χ2n) is 4.25. The SMILES string of the molecule is COC(=O)c1scc(C)c1NC(=O)C(Br)C(C)C. The van der Waals surface area contributed by atoms with Crippen LogP contribution in [-0.4, -0.2) is 23.8 Å². The minimum Gasteiger partial charge on any atom is -0.465 e. The van der Waals surface area contributed by atoms with Gasteiger partial charge in [-0.25, -0.2) is 4.79 Å². The zero-order valence-corrected chi connectivity index (χ0v) is 13.1. The molecule has 0 fully saturated rings. The number of carbonyl (C=O) groups is 2. The van der Waals surface area contributed by atoms with Crippen molar-refractivity contribution in [3.8, 4) is 0 Å². The number of anilines is 1. The molecule has 1 unspecified atom stereocenters. The fraction of sp³-hybridized carbons (Fsp3) is 0.500. The van der Waals surface area contributed by atoms with E-state index in [4.69, 9.17) is 0 Å². The Labute approximate surface area is 119 Å². The van der Waals surface area contributed by atoms with Crippen molar-refractivity contribution in [3.63, 3.8) is 0 Å². The molecule has 0 aliphatic heterocycles. The highest BCUT2D eigenvalue weighted by molar-refractivity contribution is 9.10. The molecule has 0 saturated heterocycles. The molecule has 0 saturated carbocycles. The van der Waals surface area contributed by atoms with E-state index in [0.29, 0.717) is 10.6 Å². The van der Waals surface area contributed by atoms with Crippen molar-refractivity contribution in [2.75, 3.05) is 12.4 Å². The Morgan fingerprint density at radius 3 is 2.56 bits per heavy atom. The number of hydrogen-bond acceptors (Lipinski definition) is 4. The molecular formula is C12H16BrNO3S. The van der Waals surface area contributed by atoms with Crippen LogP contribution in [0.5, 0.6) is 0 Å². The molecule has 1 N–H and O–H groups in total. The molecule has 0 aliphatic carbocycles. The molecule has 6 heteroatoms. The normalized spacial score (nSPS) is 12.3. The van der Waals surface area contributed by atoms with Crippen LogP contribution in [0.15, 0.2) is 5.38 Å². The van der Waals surface area contributed by atoms with Crippen LogP contribution >= 0.6 is 27.3 Å². The highest BCUT2D eigenvalue weighted by Crippen LogP contribution is 2.29. The van der Waals surface area contributed by atoms with Crippen LogP contribution in [0.2, 0.25) is 0 Å². The van der Waals surface area contributed by atoms with E-state index in [2.05, 4.69) is 26.0 Å². The monoisotopic (exact) mass is 333 g/mol. The largest absolute Gasteiger partial charge is 0.465 e. The van der Waals surface area contributed by atoms with Gasteiger partial charge in [0.25, 0.3) is 0 Å². The highest BCUT2D eigenvalue weighted by Gasteiger charge is 2.23. The van der Waals surface area contributed by atoms with Crippen LogP contribution in [0.3, 0.4) is 0 Å². The zero-order valence-electron chi connectivity index (χ0n) is 10.7. The first kappa shape index (κ1) is 15.2. The van der Waals surface area contributed by atoms with Crippen LogP contribution in [-0.2, 0) is 9.53 Å². The average molecular weight is 334 g/mol. The van der Waals surface area contributed by atoms with E-state index in [1.165, 1.54) is 18.4 Å². The minimum absolute atomic E-state index is 0.156. The van der Waals surface area contributed by atoms with Gasteiger partial charge in [-0.1, -0.05) is 29.8 Å². The summed E-state index contributed by atoms with van der Waals surface area (Å²) >= 11 is 4.60. The number of ether oxygens (including phenoxy) is 1. The molecule has 0 spiro atoms. The molecule has 100 valence electrons. The Balaban J connectivity index is 2.94. The molecule has 4 nitrogen and oxygen atoms in total. The van der Waals surface area contributed by atoms with Gasteiger partial charge in [-0.05, 0) is 23.8 Å². The third-order valence-electron chi connectivity index (χ3n) is 2.43. The summed E-state index contributed by atoms with van der Waals surface area (Å²) in [5, 5.41) is 4.60. The fourth-order valence-corrected chi connectivity index (χ4v) is 2.37. The number of amides is 1. The Bertz CT molecular complexity index is 456. The molecule has 1 amide bonds. The summed E-state index contributed by atoms with van der Waals surface area (Å²) in [5.41, 5.74) is 1.40. The lowest BCUT2D eigenvalue weighted by atomic mass is 10.1. The van der Waals surface area contributed by atoms with Crippen molar-refractivity contribution in [2.45, 2.75) is 25.6 Å². The van der Waals surface area contributed by atoms with Gasteiger partial charge in [0.15, 0.2) is 0 Å². The van der Waals surface area contributed by atoms with Gasteiger partial charge in [0.1, 0.15) is 4.88 Å². The molecule has 1 aromatic heterocycles. The maximum Gasteiger partial charge on any atom is 0.350 e. The third-order valence-corrected chi connectivity index (χ3v) is 4.98. The highest BCUT2D eigenvalue weighted by atomic mass is 79.9. The van der Waals surface area contributed by atoms with Crippen LogP contribution in [0.25, 0.3) is 0 Å². The van der Waals surface area contributed by atoms with E-state index in [9.17, 15) is 9.59 Å². The molecule has 18 heavy (non-hydrogen) atoms. The van der Waals surface area contributed by atoms with E-state index < -0.39 is 5.97 Å². The predicted octanol–water partition coefficient (Wildman–Crippen LogP) is 3.20. The number of methoxy groups -OCH3 is 1. The van der Waals surface area contributed by atoms with E-state index >= 15 is 0 Å². The van der Waals surface area contributed by atoms with Crippen LogP contribution in [0.4, 0.5) is 5.69 Å². The molecule has 0 radical (unpaired) electrons. The first-order valence-electron chi connectivity index (χ1n) is 5.49. The third kappa shape index (κ3) is 3.32. The lowest BCUT2D eigenvalue weighted by molar-refractivity contribution is -0.116. The van der Waals surface area contributed by atoms with Gasteiger partial charge in [-0.3, -0.25) is 4.79 Å². The topological polar surface area (TPSA) is 55.4 Å². The van der Waals surface area contributed by atoms with Gasteiger partial charge in [0, 0.05) is 0 Å². The smallest absolute Gasteiger partial charge is 0.350 e. The van der Waals surface area contributed by atoms with Crippen molar-refractivity contribution in [1.82, 2.24) is 0 Å². The summed E-state index contributed by atoms with van der Waals surface area (Å²) < 4.78 is 4.69. The van der Waals surface area contributed by atoms with Crippen molar-refractivity contribution in [1.29, 1.82) is 0 Å². The van der Waals surface area contributed by atoms with Gasteiger partial charge in [0.2, 0.25) is 5.91 Å². The van der Waals surface area contributed by atoms with Gasteiger partial charge in [-0.2, -0.15) is 0 Å². The number of thiophene rings is 1. The number of hydrogen-bond donors (Lipinski definition) is 1. The number of nitrogens with one attached hydrogen (secondary N) is 1. The Hall–Kier alpha value is -0.880. The zero-order chi connectivity index (χ0) is 13.9. The Morgan fingerprint density at radius 1 is 1.44 bits per heavy atom. The number of carbonyl (C=O) groups excluding carboxylic acids is 2. The summed E-state index contributed by atoms with van der Waals surface area (Å²) in [4.78, 5) is 23.7. The van der Waals surface area contributed by atoms with E-state index in [1.807, 2.05) is 26.2 Å². The lowest BCUT2D eigenvalue weighted by Gasteiger charge is -2.14. The van der Waals surface area contributed by atoms with E-state index in [0.717, 1.165) is 5.56 Å². The van der Waals surface area contributed by atoms with Gasteiger partial charge < -0.3 is 10.1 Å². The Morgan fingerprint density at radius 2 is 2.06 bits per heavy atom. The predicted molar refractivity (Wildman–Crippen MR) is 76.6 cm³/mol. The number of aryl methyl sites for hydroxylation is 1. The lowest BCUT2D eigenvalue weighted by Crippen LogP contribution is -2.27. The summed E-state index contributed by atoms with van der Waals surface area (Å²) in [7, 11) is 1.32. The molecule has 0 bridgehead atoms.